The monoisotopic (exact) mass is 1470 g/mol. The number of halogens is 2. The van der Waals surface area contributed by atoms with Gasteiger partial charge in [-0.25, -0.2) is 0 Å². The van der Waals surface area contributed by atoms with Gasteiger partial charge in [-0.2, -0.15) is 0 Å². The third kappa shape index (κ3) is 24.0. The van der Waals surface area contributed by atoms with E-state index < -0.39 is 151 Å². The lowest BCUT2D eigenvalue weighted by atomic mass is 9.84. The summed E-state index contributed by atoms with van der Waals surface area (Å²) >= 11 is 8.95. The maximum absolute atomic E-state index is 15.2. The van der Waals surface area contributed by atoms with Gasteiger partial charge in [-0.1, -0.05) is 103 Å². The summed E-state index contributed by atoms with van der Waals surface area (Å²) in [5, 5.41) is 11.7. The molecule has 95 heavy (non-hydrogen) atoms. The molecule has 10 atom stereocenters. The number of carbonyl (C=O) groups is 12. The smallest absolute Gasteiger partial charge is 0.246 e. The summed E-state index contributed by atoms with van der Waals surface area (Å²) in [7, 11) is 8.64. The maximum Gasteiger partial charge on any atom is 0.246 e. The number of likely N-dealkylation sites (tertiary alicyclic amines) is 1. The van der Waals surface area contributed by atoms with Crippen LogP contribution in [-0.2, 0) is 57.5 Å². The highest BCUT2D eigenvalue weighted by atomic mass is 127. The third-order valence-corrected chi connectivity index (χ3v) is 21.7. The van der Waals surface area contributed by atoms with E-state index in [2.05, 4.69) is 43.9 Å². The number of amides is 12. The third-order valence-electron chi connectivity index (χ3n) is 20.2. The molecule has 2 saturated heterocycles. The molecule has 0 bridgehead atoms. The standard InChI is InChI=1S/C69H118ClIN12O12/c1-17-20-27-50-64(91)81(16)69(9,10)68(95)74-52(34-43(4)5)63(90)80(15)54(66(93)82-32-22-21-23-33-82)39-57(85)79(14)53(35-44(6)7)62(89)75-60(45(8)18-2)67(94)78(13)41-58(86)76(11)42-59(87)83(19-3)55(38-46-28-30-48(70)31-29-46)65(92)77(12)40-56(84)72-51(61(88)73-50)37-47-25-24-26-49(71)36-47/h43-55,60H,17-42H2,1-16H3,(H,72,84)(H,73,88)(H,74,95)(H,75,89)/t45-,46?,47?,48?,49?,50-,51-,52-,53-,54-,55-,60-/m0/s1. The van der Waals surface area contributed by atoms with E-state index in [9.17, 15) is 52.7 Å². The molecule has 0 aromatic carbocycles. The predicted molar refractivity (Wildman–Crippen MR) is 375 cm³/mol. The number of nitrogens with zero attached hydrogens (tertiary/aromatic N) is 8. The zero-order valence-electron chi connectivity index (χ0n) is 60.2. The van der Waals surface area contributed by atoms with E-state index in [4.69, 9.17) is 11.6 Å². The van der Waals surface area contributed by atoms with E-state index in [1.807, 2.05) is 41.5 Å². The van der Waals surface area contributed by atoms with Crippen molar-refractivity contribution >= 4 is 105 Å². The van der Waals surface area contributed by atoms with Crippen LogP contribution in [-0.4, -0.2) is 249 Å². The van der Waals surface area contributed by atoms with Crippen LogP contribution in [0.2, 0.25) is 0 Å². The number of hydrogen-bond donors (Lipinski definition) is 4. The number of carbonyl (C=O) groups excluding carboxylic acids is 12. The molecule has 4 rings (SSSR count). The molecule has 0 aromatic heterocycles. The van der Waals surface area contributed by atoms with Crippen LogP contribution in [0.4, 0.5) is 0 Å². The van der Waals surface area contributed by atoms with E-state index in [1.54, 1.807) is 18.7 Å². The number of hydrogen-bond acceptors (Lipinski definition) is 12. The van der Waals surface area contributed by atoms with Gasteiger partial charge >= 0.3 is 0 Å². The topological polar surface area (TPSA) is 279 Å². The van der Waals surface area contributed by atoms with Crippen LogP contribution in [0.15, 0.2) is 0 Å². The number of nitrogens with one attached hydrogen (secondary N) is 4. The molecule has 2 unspecified atom stereocenters. The first-order valence-electron chi connectivity index (χ1n) is 35.2. The Morgan fingerprint density at radius 1 is 0.589 bits per heavy atom. The van der Waals surface area contributed by atoms with Crippen molar-refractivity contribution < 1.29 is 57.5 Å². The Labute approximate surface area is 585 Å². The fourth-order valence-corrected chi connectivity index (χ4v) is 14.9. The van der Waals surface area contributed by atoms with Crippen molar-refractivity contribution in [3.8, 4) is 0 Å². The summed E-state index contributed by atoms with van der Waals surface area (Å²) in [6.45, 7) is 17.3. The lowest BCUT2D eigenvalue weighted by molar-refractivity contribution is -0.152. The summed E-state index contributed by atoms with van der Waals surface area (Å²) in [6.07, 6.45) is 10.7. The van der Waals surface area contributed by atoms with Crippen molar-refractivity contribution in [3.05, 3.63) is 0 Å². The molecule has 2 aliphatic carbocycles. The van der Waals surface area contributed by atoms with Crippen LogP contribution in [0.25, 0.3) is 0 Å². The molecule has 540 valence electrons. The molecule has 4 aliphatic rings. The number of alkyl halides is 2. The number of piperidine rings is 1. The van der Waals surface area contributed by atoms with Crippen molar-refractivity contribution in [2.75, 3.05) is 81.6 Å². The van der Waals surface area contributed by atoms with Gasteiger partial charge < -0.3 is 60.5 Å². The first-order chi connectivity index (χ1) is 44.6. The van der Waals surface area contributed by atoms with Crippen LogP contribution in [0.3, 0.4) is 0 Å². The summed E-state index contributed by atoms with van der Waals surface area (Å²) in [4.78, 5) is 188. The Morgan fingerprint density at radius 3 is 1.78 bits per heavy atom. The molecule has 0 spiro atoms. The highest BCUT2D eigenvalue weighted by Gasteiger charge is 2.45. The molecule has 24 nitrogen and oxygen atoms in total. The van der Waals surface area contributed by atoms with Gasteiger partial charge in [0.25, 0.3) is 0 Å². The van der Waals surface area contributed by atoms with Crippen molar-refractivity contribution in [2.45, 2.75) is 255 Å². The summed E-state index contributed by atoms with van der Waals surface area (Å²) in [5.74, 6) is -8.05. The molecule has 2 aliphatic heterocycles. The fraction of sp³-hybridized carbons (Fsp3) is 0.826. The Morgan fingerprint density at radius 2 is 1.20 bits per heavy atom. The van der Waals surface area contributed by atoms with Gasteiger partial charge in [-0.3, -0.25) is 57.5 Å². The molecule has 4 fully saturated rings. The summed E-state index contributed by atoms with van der Waals surface area (Å²) in [5.41, 5.74) is -1.66. The molecule has 4 N–H and O–H groups in total. The van der Waals surface area contributed by atoms with Crippen molar-refractivity contribution in [2.24, 2.45) is 29.6 Å². The van der Waals surface area contributed by atoms with Crippen molar-refractivity contribution in [1.82, 2.24) is 60.5 Å². The van der Waals surface area contributed by atoms with Crippen LogP contribution in [0.1, 0.15) is 198 Å². The van der Waals surface area contributed by atoms with E-state index in [-0.39, 0.29) is 67.7 Å². The first kappa shape index (κ1) is 82.1. The second-order valence-corrected chi connectivity index (χ2v) is 31.4. The van der Waals surface area contributed by atoms with E-state index >= 15 is 4.79 Å². The summed E-state index contributed by atoms with van der Waals surface area (Å²) < 4.78 is 0.342. The lowest BCUT2D eigenvalue weighted by Crippen LogP contribution is -2.63. The fourth-order valence-electron chi connectivity index (χ4n) is 13.5. The largest absolute Gasteiger partial charge is 0.343 e. The van der Waals surface area contributed by atoms with E-state index in [1.165, 1.54) is 90.4 Å². The van der Waals surface area contributed by atoms with Gasteiger partial charge in [0.15, 0.2) is 0 Å². The van der Waals surface area contributed by atoms with Crippen LogP contribution in [0.5, 0.6) is 0 Å². The van der Waals surface area contributed by atoms with Gasteiger partial charge in [-0.05, 0) is 140 Å². The second kappa shape index (κ2) is 38.7. The van der Waals surface area contributed by atoms with Crippen molar-refractivity contribution in [3.63, 3.8) is 0 Å². The highest BCUT2D eigenvalue weighted by molar-refractivity contribution is 14.1. The van der Waals surface area contributed by atoms with Crippen LogP contribution >= 0.6 is 34.2 Å². The molecule has 0 aromatic rings. The Hall–Kier alpha value is -5.34. The Kier molecular flexibility index (Phi) is 33.5. The van der Waals surface area contributed by atoms with Crippen LogP contribution < -0.4 is 21.3 Å². The van der Waals surface area contributed by atoms with Crippen LogP contribution in [0, 0.1) is 29.6 Å². The summed E-state index contributed by atoms with van der Waals surface area (Å²) in [6, 6.07) is -8.34. The molecule has 26 heteroatoms. The second-order valence-electron chi connectivity index (χ2n) is 29.1. The quantitative estimate of drug-likeness (QED) is 0.113. The zero-order chi connectivity index (χ0) is 71.3. The molecule has 2 saturated carbocycles. The number of likely N-dealkylation sites (N-methyl/N-ethyl adjacent to an activating group) is 7. The van der Waals surface area contributed by atoms with Crippen molar-refractivity contribution in [1.29, 1.82) is 0 Å². The van der Waals surface area contributed by atoms with E-state index in [0.29, 0.717) is 74.8 Å². The van der Waals surface area contributed by atoms with Gasteiger partial charge in [0, 0.05) is 71.2 Å². The molecule has 2 heterocycles. The first-order valence-corrected chi connectivity index (χ1v) is 36.9. The average Bonchev–Trinajstić information content (AvgIpc) is 0.826. The van der Waals surface area contributed by atoms with Gasteiger partial charge in [0.1, 0.15) is 47.8 Å². The normalized spacial score (nSPS) is 29.0. The number of unbranched alkanes of at least 4 members (excludes halogenated alkanes) is 1. The molecular formula is C69H118ClIN12O12. The predicted octanol–water partition coefficient (Wildman–Crippen LogP) is 5.73. The Bertz CT molecular complexity index is 2640. The molecular weight excluding hydrogens is 1350 g/mol. The molecule has 0 radical (unpaired) electrons. The Balaban J connectivity index is 1.88. The zero-order valence-corrected chi connectivity index (χ0v) is 63.1. The van der Waals surface area contributed by atoms with Gasteiger partial charge in [-0.15, -0.1) is 11.6 Å². The minimum atomic E-state index is -1.66. The average molecular weight is 1470 g/mol. The van der Waals surface area contributed by atoms with Gasteiger partial charge in [0.05, 0.1) is 26.1 Å². The SMILES string of the molecule is CCCC[C@@H]1NC(=O)[C@H](CC2CCCC(I)C2)NC(=O)CN(C)C(=O)[C@H](CC2CCC(Cl)CC2)N(CC)C(=O)CN(C)C(=O)CN(C)C(=O)[C@H]([C@@H](C)CC)NC(=O)[C@H](CC(C)C)N(C)C(=O)C[C@@H](C(=O)N2CCCCC2)N(C)C(=O)[C@H](CC(C)C)NC(=O)C(C)(C)N(C)C1=O. The van der Waals surface area contributed by atoms with E-state index in [0.717, 1.165) is 32.1 Å². The lowest BCUT2D eigenvalue weighted by Gasteiger charge is -2.39. The minimum absolute atomic E-state index is 0.00130. The number of rotatable bonds is 15. The van der Waals surface area contributed by atoms with Gasteiger partial charge in [0.2, 0.25) is 70.9 Å². The maximum atomic E-state index is 15.2. The molecule has 12 amide bonds. The highest BCUT2D eigenvalue weighted by Crippen LogP contribution is 2.34. The minimum Gasteiger partial charge on any atom is -0.343 e.